The van der Waals surface area contributed by atoms with Crippen LogP contribution in [0.2, 0.25) is 0 Å². The highest BCUT2D eigenvalue weighted by atomic mass is 16.5. The maximum Gasteiger partial charge on any atom is 0.337 e. The molecule has 1 aliphatic rings. The third-order valence-electron chi connectivity index (χ3n) is 4.06. The van der Waals surface area contributed by atoms with Crippen LogP contribution in [0.15, 0.2) is 6.07 Å². The summed E-state index contributed by atoms with van der Waals surface area (Å²) in [6.07, 6.45) is 7.97. The quantitative estimate of drug-likeness (QED) is 0.786. The molecule has 3 rings (SSSR count). The molecule has 0 radical (unpaired) electrons. The first-order valence-electron chi connectivity index (χ1n) is 7.56. The summed E-state index contributed by atoms with van der Waals surface area (Å²) in [5.41, 5.74) is 1.98. The molecule has 0 N–H and O–H groups in total. The van der Waals surface area contributed by atoms with Crippen LogP contribution in [0.3, 0.4) is 0 Å². The normalized spacial score (nSPS) is 16.1. The Kier molecular flexibility index (Phi) is 3.85. The molecule has 0 spiro atoms. The highest BCUT2D eigenvalue weighted by molar-refractivity contribution is 5.32. The van der Waals surface area contributed by atoms with Gasteiger partial charge in [0.05, 0.1) is 6.61 Å². The molecule has 20 heavy (non-hydrogen) atoms. The van der Waals surface area contributed by atoms with Crippen molar-refractivity contribution >= 4 is 5.78 Å². The van der Waals surface area contributed by atoms with Crippen molar-refractivity contribution in [3.8, 4) is 6.01 Å². The monoisotopic (exact) mass is 274 g/mol. The zero-order valence-corrected chi connectivity index (χ0v) is 12.3. The Morgan fingerprint density at radius 1 is 1.25 bits per heavy atom. The molecule has 2 heterocycles. The van der Waals surface area contributed by atoms with Gasteiger partial charge in [0.25, 0.3) is 5.78 Å². The van der Waals surface area contributed by atoms with Gasteiger partial charge < -0.3 is 4.74 Å². The van der Waals surface area contributed by atoms with Gasteiger partial charge in [-0.3, -0.25) is 0 Å². The second kappa shape index (κ2) is 5.77. The molecule has 5 nitrogen and oxygen atoms in total. The molecule has 1 fully saturated rings. The van der Waals surface area contributed by atoms with Crippen molar-refractivity contribution in [2.75, 3.05) is 6.61 Å². The number of nitrogens with zero attached hydrogens (tertiary/aromatic N) is 4. The molecule has 0 aromatic carbocycles. The first kappa shape index (κ1) is 13.3. The van der Waals surface area contributed by atoms with E-state index in [4.69, 9.17) is 4.74 Å². The lowest BCUT2D eigenvalue weighted by Gasteiger charge is -2.07. The van der Waals surface area contributed by atoms with E-state index in [1.807, 2.05) is 19.9 Å². The minimum atomic E-state index is 0.442. The number of fused-ring (bicyclic) bond motifs is 1. The van der Waals surface area contributed by atoms with Gasteiger partial charge in [-0.2, -0.15) is 9.50 Å². The van der Waals surface area contributed by atoms with E-state index in [1.54, 1.807) is 4.52 Å². The van der Waals surface area contributed by atoms with E-state index in [-0.39, 0.29) is 0 Å². The highest BCUT2D eigenvalue weighted by Crippen LogP contribution is 2.28. The predicted molar refractivity (Wildman–Crippen MR) is 76.9 cm³/mol. The lowest BCUT2D eigenvalue weighted by atomic mass is 10.0. The largest absolute Gasteiger partial charge is 0.462 e. The minimum absolute atomic E-state index is 0.442. The Morgan fingerprint density at radius 2 is 2.05 bits per heavy atom. The molecule has 2 aromatic rings. The minimum Gasteiger partial charge on any atom is -0.462 e. The zero-order valence-electron chi connectivity index (χ0n) is 12.3. The zero-order chi connectivity index (χ0) is 13.9. The Balaban J connectivity index is 1.56. The molecule has 108 valence electrons. The van der Waals surface area contributed by atoms with Gasteiger partial charge in [-0.05, 0) is 38.7 Å². The Labute approximate surface area is 119 Å². The summed E-state index contributed by atoms with van der Waals surface area (Å²) in [7, 11) is 0. The summed E-state index contributed by atoms with van der Waals surface area (Å²) in [6, 6.07) is 2.43. The Bertz CT molecular complexity index is 587. The molecule has 0 saturated heterocycles. The summed E-state index contributed by atoms with van der Waals surface area (Å²) in [6.45, 7) is 4.66. The van der Waals surface area contributed by atoms with Gasteiger partial charge in [-0.1, -0.05) is 25.7 Å². The SMILES string of the molecule is Cc1cc(C)n2nc(OCCCC3CCCC3)nc2n1. The maximum atomic E-state index is 5.66. The first-order valence-corrected chi connectivity index (χ1v) is 7.56. The number of hydrogen-bond donors (Lipinski definition) is 0. The number of rotatable bonds is 5. The number of ether oxygens (including phenoxy) is 1. The fraction of sp³-hybridized carbons (Fsp3) is 0.667. The molecular formula is C15H22N4O. The summed E-state index contributed by atoms with van der Waals surface area (Å²) in [5.74, 6) is 1.53. The molecule has 5 heteroatoms. The van der Waals surface area contributed by atoms with Crippen LogP contribution in [0, 0.1) is 19.8 Å². The molecule has 0 bridgehead atoms. The number of aromatic nitrogens is 4. The van der Waals surface area contributed by atoms with Gasteiger partial charge in [0.2, 0.25) is 0 Å². The average molecular weight is 274 g/mol. The van der Waals surface area contributed by atoms with Gasteiger partial charge in [-0.15, -0.1) is 5.10 Å². The summed E-state index contributed by atoms with van der Waals surface area (Å²) in [5, 5.41) is 4.34. The van der Waals surface area contributed by atoms with Crippen LogP contribution in [-0.2, 0) is 0 Å². The smallest absolute Gasteiger partial charge is 0.337 e. The van der Waals surface area contributed by atoms with Crippen molar-refractivity contribution in [2.45, 2.75) is 52.4 Å². The third kappa shape index (κ3) is 2.92. The van der Waals surface area contributed by atoms with Gasteiger partial charge >= 0.3 is 6.01 Å². The van der Waals surface area contributed by atoms with Crippen LogP contribution in [0.1, 0.15) is 49.9 Å². The molecule has 0 amide bonds. The fourth-order valence-corrected chi connectivity index (χ4v) is 3.04. The maximum absolute atomic E-state index is 5.66. The van der Waals surface area contributed by atoms with E-state index in [2.05, 4.69) is 15.1 Å². The van der Waals surface area contributed by atoms with Crippen LogP contribution in [0.5, 0.6) is 6.01 Å². The van der Waals surface area contributed by atoms with Crippen LogP contribution in [0.25, 0.3) is 5.78 Å². The second-order valence-corrected chi connectivity index (χ2v) is 5.79. The first-order chi connectivity index (χ1) is 9.72. The van der Waals surface area contributed by atoms with Crippen molar-refractivity contribution in [1.82, 2.24) is 19.6 Å². The van der Waals surface area contributed by atoms with E-state index in [1.165, 1.54) is 32.1 Å². The van der Waals surface area contributed by atoms with Crippen molar-refractivity contribution < 1.29 is 4.74 Å². The standard InChI is InChI=1S/C15H22N4O/c1-11-10-12(2)19-14(16-11)17-15(18-19)20-9-5-8-13-6-3-4-7-13/h10,13H,3-9H2,1-2H3. The van der Waals surface area contributed by atoms with Crippen molar-refractivity contribution in [2.24, 2.45) is 5.92 Å². The molecule has 0 unspecified atom stereocenters. The second-order valence-electron chi connectivity index (χ2n) is 5.79. The van der Waals surface area contributed by atoms with Crippen LogP contribution < -0.4 is 4.74 Å². The molecule has 0 aliphatic heterocycles. The Morgan fingerprint density at radius 3 is 2.85 bits per heavy atom. The van der Waals surface area contributed by atoms with Crippen molar-refractivity contribution in [3.63, 3.8) is 0 Å². The summed E-state index contributed by atoms with van der Waals surface area (Å²) < 4.78 is 7.40. The average Bonchev–Trinajstić information content (AvgIpc) is 3.03. The highest BCUT2D eigenvalue weighted by Gasteiger charge is 2.14. The third-order valence-corrected chi connectivity index (χ3v) is 4.06. The van der Waals surface area contributed by atoms with E-state index in [9.17, 15) is 0 Å². The number of hydrogen-bond acceptors (Lipinski definition) is 4. The van der Waals surface area contributed by atoms with Gasteiger partial charge in [-0.25, -0.2) is 4.98 Å². The van der Waals surface area contributed by atoms with Gasteiger partial charge in [0, 0.05) is 11.4 Å². The summed E-state index contributed by atoms with van der Waals surface area (Å²) in [4.78, 5) is 8.68. The van der Waals surface area contributed by atoms with E-state index in [0.29, 0.717) is 18.4 Å². The topological polar surface area (TPSA) is 52.3 Å². The molecule has 0 atom stereocenters. The lowest BCUT2D eigenvalue weighted by molar-refractivity contribution is 0.272. The number of aryl methyl sites for hydroxylation is 2. The Hall–Kier alpha value is -1.65. The molecular weight excluding hydrogens is 252 g/mol. The molecule has 2 aromatic heterocycles. The lowest BCUT2D eigenvalue weighted by Crippen LogP contribution is -2.02. The molecule has 1 aliphatic carbocycles. The van der Waals surface area contributed by atoms with Gasteiger partial charge in [0.1, 0.15) is 0 Å². The van der Waals surface area contributed by atoms with E-state index >= 15 is 0 Å². The van der Waals surface area contributed by atoms with Crippen LogP contribution in [0.4, 0.5) is 0 Å². The predicted octanol–water partition coefficient (Wildman–Crippen LogP) is 3.09. The summed E-state index contributed by atoms with van der Waals surface area (Å²) >= 11 is 0. The van der Waals surface area contributed by atoms with Crippen LogP contribution in [-0.4, -0.2) is 26.2 Å². The van der Waals surface area contributed by atoms with Gasteiger partial charge in [0.15, 0.2) is 0 Å². The van der Waals surface area contributed by atoms with Crippen molar-refractivity contribution in [1.29, 1.82) is 0 Å². The van der Waals surface area contributed by atoms with Crippen LogP contribution >= 0.6 is 0 Å². The van der Waals surface area contributed by atoms with E-state index < -0.39 is 0 Å². The van der Waals surface area contributed by atoms with Crippen molar-refractivity contribution in [3.05, 3.63) is 17.5 Å². The fourth-order valence-electron chi connectivity index (χ4n) is 3.04. The van der Waals surface area contributed by atoms with E-state index in [0.717, 1.165) is 23.7 Å². The molecule has 1 saturated carbocycles.